The zero-order chi connectivity index (χ0) is 13.0. The highest BCUT2D eigenvalue weighted by Crippen LogP contribution is 2.28. The van der Waals surface area contributed by atoms with Crippen LogP contribution in [0.25, 0.3) is 0 Å². The number of thioether (sulfide) groups is 1. The zero-order valence-corrected chi connectivity index (χ0v) is 10.2. The van der Waals surface area contributed by atoms with Gasteiger partial charge in [0, 0.05) is 4.90 Å². The smallest absolute Gasteiger partial charge is 0.339 e. The molecule has 0 amide bonds. The van der Waals surface area contributed by atoms with E-state index in [2.05, 4.69) is 4.74 Å². The molecule has 1 rings (SSSR count). The van der Waals surface area contributed by atoms with E-state index in [1.807, 2.05) is 0 Å². The molecular formula is C11H12F2O3S. The Bertz CT molecular complexity index is 423. The van der Waals surface area contributed by atoms with E-state index in [9.17, 15) is 18.7 Å². The molecule has 94 valence electrons. The molecule has 17 heavy (non-hydrogen) atoms. The number of halogens is 2. The molecule has 0 aliphatic heterocycles. The van der Waals surface area contributed by atoms with Gasteiger partial charge in [0.1, 0.15) is 11.6 Å². The molecule has 0 saturated carbocycles. The van der Waals surface area contributed by atoms with Gasteiger partial charge < -0.3 is 9.84 Å². The van der Waals surface area contributed by atoms with Gasteiger partial charge >= 0.3 is 5.97 Å². The van der Waals surface area contributed by atoms with Gasteiger partial charge in [-0.3, -0.25) is 0 Å². The van der Waals surface area contributed by atoms with Gasteiger partial charge in [-0.15, -0.1) is 11.8 Å². The summed E-state index contributed by atoms with van der Waals surface area (Å²) in [7, 11) is 0. The van der Waals surface area contributed by atoms with Crippen LogP contribution in [-0.4, -0.2) is 23.9 Å². The summed E-state index contributed by atoms with van der Waals surface area (Å²) in [5.41, 5.74) is -0.671. The largest absolute Gasteiger partial charge is 0.464 e. The lowest BCUT2D eigenvalue weighted by atomic mass is 10.1. The van der Waals surface area contributed by atoms with Crippen LogP contribution in [0.2, 0.25) is 0 Å². The van der Waals surface area contributed by atoms with Gasteiger partial charge in [-0.1, -0.05) is 0 Å². The number of rotatable bonds is 4. The van der Waals surface area contributed by atoms with Crippen LogP contribution in [0.5, 0.6) is 0 Å². The van der Waals surface area contributed by atoms with Crippen LogP contribution in [0.4, 0.5) is 8.78 Å². The lowest BCUT2D eigenvalue weighted by molar-refractivity contribution is -0.153. The highest BCUT2D eigenvalue weighted by atomic mass is 32.2. The van der Waals surface area contributed by atoms with E-state index in [1.165, 1.54) is 13.0 Å². The van der Waals surface area contributed by atoms with Gasteiger partial charge in [-0.25, -0.2) is 13.6 Å². The van der Waals surface area contributed by atoms with E-state index in [0.717, 1.165) is 17.8 Å². The molecule has 1 aromatic rings. The number of hydrogen-bond acceptors (Lipinski definition) is 4. The van der Waals surface area contributed by atoms with Crippen molar-refractivity contribution in [2.45, 2.75) is 17.9 Å². The quantitative estimate of drug-likeness (QED) is 0.668. The third-order valence-electron chi connectivity index (χ3n) is 2.09. The molecule has 0 heterocycles. The summed E-state index contributed by atoms with van der Waals surface area (Å²) in [6.45, 7) is 1.57. The van der Waals surface area contributed by atoms with Gasteiger partial charge in [-0.05, 0) is 25.3 Å². The first kappa shape index (κ1) is 13.9. The first-order valence-corrected chi connectivity index (χ1v) is 6.12. The molecule has 0 fully saturated rings. The van der Waals surface area contributed by atoms with Crippen molar-refractivity contribution in [2.75, 3.05) is 12.9 Å². The van der Waals surface area contributed by atoms with Gasteiger partial charge in [-0.2, -0.15) is 0 Å². The van der Waals surface area contributed by atoms with Crippen LogP contribution >= 0.6 is 11.8 Å². The number of benzene rings is 1. The number of carbonyl (C=O) groups is 1. The molecule has 1 unspecified atom stereocenters. The highest BCUT2D eigenvalue weighted by Gasteiger charge is 2.27. The third-order valence-corrected chi connectivity index (χ3v) is 2.85. The molecule has 6 heteroatoms. The zero-order valence-electron chi connectivity index (χ0n) is 9.37. The summed E-state index contributed by atoms with van der Waals surface area (Å²) in [5, 5.41) is 9.54. The summed E-state index contributed by atoms with van der Waals surface area (Å²) < 4.78 is 31.7. The van der Waals surface area contributed by atoms with Crippen molar-refractivity contribution in [1.29, 1.82) is 0 Å². The minimum atomic E-state index is -1.94. The average molecular weight is 262 g/mol. The molecule has 0 bridgehead atoms. The maximum atomic E-state index is 13.8. The van der Waals surface area contributed by atoms with Crippen LogP contribution in [0, 0.1) is 11.6 Å². The molecule has 1 N–H and O–H groups in total. The van der Waals surface area contributed by atoms with Crippen molar-refractivity contribution in [1.82, 2.24) is 0 Å². The van der Waals surface area contributed by atoms with E-state index in [-0.39, 0.29) is 11.5 Å². The number of aliphatic hydroxyl groups excluding tert-OH is 1. The van der Waals surface area contributed by atoms with Crippen molar-refractivity contribution in [3.63, 3.8) is 0 Å². The average Bonchev–Trinajstić information content (AvgIpc) is 2.29. The predicted molar refractivity (Wildman–Crippen MR) is 59.7 cm³/mol. The summed E-state index contributed by atoms with van der Waals surface area (Å²) >= 11 is 1.06. The fourth-order valence-electron chi connectivity index (χ4n) is 1.30. The van der Waals surface area contributed by atoms with Crippen molar-refractivity contribution in [3.05, 3.63) is 29.3 Å². The highest BCUT2D eigenvalue weighted by molar-refractivity contribution is 7.98. The van der Waals surface area contributed by atoms with E-state index in [1.54, 1.807) is 6.26 Å². The van der Waals surface area contributed by atoms with E-state index >= 15 is 0 Å². The van der Waals surface area contributed by atoms with Crippen molar-refractivity contribution >= 4 is 17.7 Å². The molecule has 0 radical (unpaired) electrons. The Kier molecular flexibility index (Phi) is 4.89. The van der Waals surface area contributed by atoms with Crippen LogP contribution in [0.1, 0.15) is 18.6 Å². The summed E-state index contributed by atoms with van der Waals surface area (Å²) in [5.74, 6) is -2.97. The summed E-state index contributed by atoms with van der Waals surface area (Å²) in [4.78, 5) is 11.4. The van der Waals surface area contributed by atoms with E-state index < -0.39 is 29.3 Å². The molecule has 0 aromatic heterocycles. The number of carbonyl (C=O) groups excluding carboxylic acids is 1. The monoisotopic (exact) mass is 262 g/mol. The first-order chi connectivity index (χ1) is 8.02. The van der Waals surface area contributed by atoms with Crippen LogP contribution in [0.15, 0.2) is 17.0 Å². The molecule has 0 aliphatic carbocycles. The van der Waals surface area contributed by atoms with Gasteiger partial charge in [0.2, 0.25) is 0 Å². The SMILES string of the molecule is CCOC(=O)C(O)c1c(F)ccc(SC)c1F. The lowest BCUT2D eigenvalue weighted by Gasteiger charge is -2.13. The predicted octanol–water partition coefficient (Wildman–Crippen LogP) is 2.28. The number of ether oxygens (including phenoxy) is 1. The lowest BCUT2D eigenvalue weighted by Crippen LogP contribution is -2.18. The molecule has 3 nitrogen and oxygen atoms in total. The van der Waals surface area contributed by atoms with Crippen molar-refractivity contribution in [2.24, 2.45) is 0 Å². The fraction of sp³-hybridized carbons (Fsp3) is 0.364. The topological polar surface area (TPSA) is 46.5 Å². The molecule has 0 spiro atoms. The minimum absolute atomic E-state index is 0.0291. The Morgan fingerprint density at radius 2 is 2.18 bits per heavy atom. The molecule has 1 aromatic carbocycles. The van der Waals surface area contributed by atoms with Gasteiger partial charge in [0.25, 0.3) is 0 Å². The van der Waals surface area contributed by atoms with Gasteiger partial charge in [0.05, 0.1) is 12.2 Å². The first-order valence-electron chi connectivity index (χ1n) is 4.89. The normalized spacial score (nSPS) is 12.3. The van der Waals surface area contributed by atoms with Crippen LogP contribution in [-0.2, 0) is 9.53 Å². The minimum Gasteiger partial charge on any atom is -0.464 e. The van der Waals surface area contributed by atoms with Crippen LogP contribution < -0.4 is 0 Å². The Morgan fingerprint density at radius 3 is 2.71 bits per heavy atom. The molecular weight excluding hydrogens is 250 g/mol. The van der Waals surface area contributed by atoms with Crippen molar-refractivity contribution < 1.29 is 23.4 Å². The number of hydrogen-bond donors (Lipinski definition) is 1. The Hall–Kier alpha value is -1.14. The standard InChI is InChI=1S/C11H12F2O3S/c1-3-16-11(15)10(14)8-6(12)4-5-7(17-2)9(8)13/h4-5,10,14H,3H2,1-2H3. The Labute approximate surface area is 102 Å². The maximum Gasteiger partial charge on any atom is 0.339 e. The van der Waals surface area contributed by atoms with E-state index in [4.69, 9.17) is 0 Å². The van der Waals surface area contributed by atoms with Crippen LogP contribution in [0.3, 0.4) is 0 Å². The second kappa shape index (κ2) is 5.97. The third kappa shape index (κ3) is 2.95. The fourth-order valence-corrected chi connectivity index (χ4v) is 1.79. The Balaban J connectivity index is 3.16. The van der Waals surface area contributed by atoms with Crippen molar-refractivity contribution in [3.8, 4) is 0 Å². The Morgan fingerprint density at radius 1 is 1.53 bits per heavy atom. The maximum absolute atomic E-state index is 13.8. The second-order valence-electron chi connectivity index (χ2n) is 3.13. The number of esters is 1. The number of aliphatic hydroxyl groups is 1. The second-order valence-corrected chi connectivity index (χ2v) is 3.98. The van der Waals surface area contributed by atoms with E-state index in [0.29, 0.717) is 0 Å². The molecule has 1 atom stereocenters. The summed E-state index contributed by atoms with van der Waals surface area (Å²) in [6, 6.07) is 2.25. The molecule has 0 saturated heterocycles. The summed E-state index contributed by atoms with van der Waals surface area (Å²) in [6.07, 6.45) is -0.335. The molecule has 0 aliphatic rings. The van der Waals surface area contributed by atoms with Gasteiger partial charge in [0.15, 0.2) is 6.10 Å².